The third-order valence-electron chi connectivity index (χ3n) is 2.11. The molecule has 0 fully saturated rings. The summed E-state index contributed by atoms with van der Waals surface area (Å²) in [6.07, 6.45) is 1.39. The van der Waals surface area contributed by atoms with Crippen molar-refractivity contribution in [3.05, 3.63) is 47.3 Å². The summed E-state index contributed by atoms with van der Waals surface area (Å²) >= 11 is 0. The Labute approximate surface area is 90.3 Å². The van der Waals surface area contributed by atoms with Gasteiger partial charge < -0.3 is 13.9 Å². The number of furan rings is 2. The molecular formula is C11H8O5. The van der Waals surface area contributed by atoms with Crippen LogP contribution in [-0.2, 0) is 0 Å². The zero-order valence-electron chi connectivity index (χ0n) is 8.39. The Morgan fingerprint density at radius 1 is 1.19 bits per heavy atom. The van der Waals surface area contributed by atoms with E-state index in [0.29, 0.717) is 5.56 Å². The second-order valence-electron chi connectivity index (χ2n) is 3.23. The molecule has 2 rings (SSSR count). The van der Waals surface area contributed by atoms with Crippen LogP contribution in [0, 0.1) is 6.92 Å². The molecule has 0 aliphatic carbocycles. The lowest BCUT2D eigenvalue weighted by Crippen LogP contribution is -2.00. The maximum Gasteiger partial charge on any atom is 0.371 e. The average molecular weight is 220 g/mol. The Morgan fingerprint density at radius 2 is 1.88 bits per heavy atom. The van der Waals surface area contributed by atoms with E-state index in [2.05, 4.69) is 0 Å². The number of carboxylic acid groups (broad SMARTS) is 1. The van der Waals surface area contributed by atoms with Crippen molar-refractivity contribution in [3.63, 3.8) is 0 Å². The summed E-state index contributed by atoms with van der Waals surface area (Å²) in [6.45, 7) is 1.72. The Morgan fingerprint density at radius 3 is 2.38 bits per heavy atom. The van der Waals surface area contributed by atoms with Crippen molar-refractivity contribution in [1.82, 2.24) is 0 Å². The number of aryl methyl sites for hydroxylation is 1. The van der Waals surface area contributed by atoms with Gasteiger partial charge in [-0.2, -0.15) is 0 Å². The molecule has 0 radical (unpaired) electrons. The minimum Gasteiger partial charge on any atom is -0.475 e. The lowest BCUT2D eigenvalue weighted by Gasteiger charge is -1.93. The lowest BCUT2D eigenvalue weighted by atomic mass is 10.2. The second-order valence-corrected chi connectivity index (χ2v) is 3.23. The van der Waals surface area contributed by atoms with Crippen LogP contribution in [0.2, 0.25) is 0 Å². The quantitative estimate of drug-likeness (QED) is 0.801. The molecule has 0 bridgehead atoms. The number of carboxylic acids is 1. The van der Waals surface area contributed by atoms with Gasteiger partial charge >= 0.3 is 5.97 Å². The zero-order chi connectivity index (χ0) is 11.7. The highest BCUT2D eigenvalue weighted by atomic mass is 16.4. The first-order valence-corrected chi connectivity index (χ1v) is 4.51. The summed E-state index contributed by atoms with van der Waals surface area (Å²) in [6, 6.07) is 4.19. The summed E-state index contributed by atoms with van der Waals surface area (Å²) in [7, 11) is 0. The molecule has 1 N–H and O–H groups in total. The highest BCUT2D eigenvalue weighted by Crippen LogP contribution is 2.17. The van der Waals surface area contributed by atoms with Gasteiger partial charge in [0.15, 0.2) is 11.5 Å². The van der Waals surface area contributed by atoms with E-state index < -0.39 is 11.8 Å². The lowest BCUT2D eigenvalue weighted by molar-refractivity contribution is 0.0660. The molecule has 5 nitrogen and oxygen atoms in total. The monoisotopic (exact) mass is 220 g/mol. The van der Waals surface area contributed by atoms with Crippen molar-refractivity contribution in [2.24, 2.45) is 0 Å². The van der Waals surface area contributed by atoms with Gasteiger partial charge in [-0.3, -0.25) is 4.79 Å². The number of ketones is 1. The highest BCUT2D eigenvalue weighted by molar-refractivity contribution is 6.06. The van der Waals surface area contributed by atoms with E-state index in [1.54, 1.807) is 13.0 Å². The smallest absolute Gasteiger partial charge is 0.371 e. The van der Waals surface area contributed by atoms with Gasteiger partial charge in [-0.1, -0.05) is 0 Å². The molecule has 2 aromatic heterocycles. The zero-order valence-corrected chi connectivity index (χ0v) is 8.39. The number of carbonyl (C=O) groups is 2. The van der Waals surface area contributed by atoms with E-state index in [9.17, 15) is 9.59 Å². The van der Waals surface area contributed by atoms with Gasteiger partial charge in [0.25, 0.3) is 5.78 Å². The number of hydrogen-bond donors (Lipinski definition) is 1. The van der Waals surface area contributed by atoms with Gasteiger partial charge in [-0.15, -0.1) is 0 Å². The predicted octanol–water partition coefficient (Wildman–Crippen LogP) is 2.11. The Kier molecular flexibility index (Phi) is 2.36. The van der Waals surface area contributed by atoms with E-state index in [-0.39, 0.29) is 17.3 Å². The molecule has 0 aromatic carbocycles. The number of rotatable bonds is 3. The van der Waals surface area contributed by atoms with E-state index in [1.807, 2.05) is 0 Å². The fraction of sp³-hybridized carbons (Fsp3) is 0.0909. The molecule has 5 heteroatoms. The van der Waals surface area contributed by atoms with Crippen molar-refractivity contribution >= 4 is 11.8 Å². The van der Waals surface area contributed by atoms with E-state index in [0.717, 1.165) is 0 Å². The van der Waals surface area contributed by atoms with Crippen LogP contribution in [0.15, 0.2) is 33.3 Å². The molecule has 16 heavy (non-hydrogen) atoms. The minimum atomic E-state index is -1.21. The first kappa shape index (κ1) is 10.2. The third-order valence-corrected chi connectivity index (χ3v) is 2.11. The van der Waals surface area contributed by atoms with Gasteiger partial charge in [0.05, 0.1) is 6.26 Å². The van der Waals surface area contributed by atoms with Crippen LogP contribution in [0.25, 0.3) is 0 Å². The first-order chi connectivity index (χ1) is 7.59. The fourth-order valence-corrected chi connectivity index (χ4v) is 1.29. The predicted molar refractivity (Wildman–Crippen MR) is 52.5 cm³/mol. The third kappa shape index (κ3) is 1.63. The minimum absolute atomic E-state index is 0.0459. The molecule has 0 atom stereocenters. The number of carbonyl (C=O) groups excluding carboxylic acids is 1. The summed E-state index contributed by atoms with van der Waals surface area (Å²) in [5, 5.41) is 8.64. The number of aromatic carboxylic acids is 1. The molecule has 0 amide bonds. The van der Waals surface area contributed by atoms with Gasteiger partial charge in [-0.05, 0) is 30.7 Å². The molecule has 0 saturated carbocycles. The van der Waals surface area contributed by atoms with Crippen LogP contribution >= 0.6 is 0 Å². The summed E-state index contributed by atoms with van der Waals surface area (Å²) in [5.41, 5.74) is 0.679. The highest BCUT2D eigenvalue weighted by Gasteiger charge is 2.20. The SMILES string of the molecule is Cc1ccoc1C(=O)c1ccc(C(=O)O)o1. The van der Waals surface area contributed by atoms with E-state index >= 15 is 0 Å². The van der Waals surface area contributed by atoms with Crippen LogP contribution in [0.4, 0.5) is 0 Å². The summed E-state index contributed by atoms with van der Waals surface area (Å²) in [5.74, 6) is -1.83. The second kappa shape index (κ2) is 3.69. The van der Waals surface area contributed by atoms with Crippen molar-refractivity contribution in [1.29, 1.82) is 0 Å². The van der Waals surface area contributed by atoms with Crippen LogP contribution in [-0.4, -0.2) is 16.9 Å². The normalized spacial score (nSPS) is 10.3. The molecule has 0 unspecified atom stereocenters. The topological polar surface area (TPSA) is 80.7 Å². The molecular weight excluding hydrogens is 212 g/mol. The van der Waals surface area contributed by atoms with Crippen LogP contribution in [0.5, 0.6) is 0 Å². The maximum atomic E-state index is 11.8. The standard InChI is InChI=1S/C11H8O5/c1-6-4-5-15-10(6)9(12)7-2-3-8(16-7)11(13)14/h2-5H,1H3,(H,13,14). The molecule has 0 aliphatic rings. The van der Waals surface area contributed by atoms with Crippen molar-refractivity contribution in [2.45, 2.75) is 6.92 Å². The number of hydrogen-bond acceptors (Lipinski definition) is 4. The Balaban J connectivity index is 2.35. The van der Waals surface area contributed by atoms with E-state index in [4.69, 9.17) is 13.9 Å². The average Bonchev–Trinajstić information content (AvgIpc) is 2.84. The maximum absolute atomic E-state index is 11.8. The molecule has 2 aromatic rings. The summed E-state index contributed by atoms with van der Waals surface area (Å²) in [4.78, 5) is 22.3. The molecule has 0 spiro atoms. The first-order valence-electron chi connectivity index (χ1n) is 4.51. The van der Waals surface area contributed by atoms with Gasteiger partial charge in [0, 0.05) is 0 Å². The van der Waals surface area contributed by atoms with Gasteiger partial charge in [0.2, 0.25) is 5.76 Å². The van der Waals surface area contributed by atoms with Crippen LogP contribution in [0.1, 0.15) is 32.4 Å². The molecule has 0 aliphatic heterocycles. The van der Waals surface area contributed by atoms with Crippen LogP contribution in [0.3, 0.4) is 0 Å². The largest absolute Gasteiger partial charge is 0.475 e. The van der Waals surface area contributed by atoms with Crippen molar-refractivity contribution in [3.8, 4) is 0 Å². The molecule has 82 valence electrons. The fourth-order valence-electron chi connectivity index (χ4n) is 1.29. The molecule has 0 saturated heterocycles. The summed E-state index contributed by atoms with van der Waals surface area (Å²) < 4.78 is 9.87. The molecule has 2 heterocycles. The van der Waals surface area contributed by atoms with Crippen molar-refractivity contribution < 1.29 is 23.5 Å². The van der Waals surface area contributed by atoms with Gasteiger partial charge in [0.1, 0.15) is 0 Å². The van der Waals surface area contributed by atoms with E-state index in [1.165, 1.54) is 18.4 Å². The van der Waals surface area contributed by atoms with Gasteiger partial charge in [-0.25, -0.2) is 4.79 Å². The van der Waals surface area contributed by atoms with Crippen LogP contribution < -0.4 is 0 Å². The Bertz CT molecular complexity index is 546. The Hall–Kier alpha value is -2.30. The van der Waals surface area contributed by atoms with Crippen molar-refractivity contribution in [2.75, 3.05) is 0 Å².